The number of carbonyl (C=O) groups excluding carboxylic acids is 1. The first kappa shape index (κ1) is 9.62. The van der Waals surface area contributed by atoms with Gasteiger partial charge in [-0.2, -0.15) is 0 Å². The highest BCUT2D eigenvalue weighted by atomic mass is 32.1. The van der Waals surface area contributed by atoms with E-state index in [0.29, 0.717) is 0 Å². The molecular formula is C11H10OS2. The molecule has 0 saturated carbocycles. The van der Waals surface area contributed by atoms with E-state index in [1.165, 1.54) is 15.3 Å². The zero-order chi connectivity index (χ0) is 10.1. The summed E-state index contributed by atoms with van der Waals surface area (Å²) in [5.41, 5.74) is 2.35. The average molecular weight is 222 g/mol. The van der Waals surface area contributed by atoms with Crippen LogP contribution < -0.4 is 0 Å². The largest absolute Gasteiger partial charge is 0.297 e. The molecule has 0 aliphatic carbocycles. The maximum absolute atomic E-state index is 10.8. The summed E-state index contributed by atoms with van der Waals surface area (Å²) in [5.74, 6) is 0. The van der Waals surface area contributed by atoms with Crippen molar-refractivity contribution in [1.82, 2.24) is 0 Å². The van der Waals surface area contributed by atoms with Gasteiger partial charge in [-0.25, -0.2) is 0 Å². The summed E-state index contributed by atoms with van der Waals surface area (Å²) in [4.78, 5) is 14.1. The molecule has 0 bridgehead atoms. The fraction of sp³-hybridized carbons (Fsp3) is 0.182. The molecule has 0 aliphatic heterocycles. The van der Waals surface area contributed by atoms with Crippen LogP contribution >= 0.6 is 22.7 Å². The highest BCUT2D eigenvalue weighted by Crippen LogP contribution is 2.37. The van der Waals surface area contributed by atoms with Crippen LogP contribution in [0.1, 0.15) is 20.8 Å². The number of aldehydes is 1. The minimum Gasteiger partial charge on any atom is -0.297 e. The Balaban J connectivity index is 2.60. The summed E-state index contributed by atoms with van der Waals surface area (Å²) in [6.45, 7) is 4.08. The van der Waals surface area contributed by atoms with Gasteiger partial charge in [0.15, 0.2) is 6.29 Å². The van der Waals surface area contributed by atoms with E-state index in [2.05, 4.69) is 18.4 Å². The van der Waals surface area contributed by atoms with Gasteiger partial charge in [0.05, 0.1) is 4.88 Å². The van der Waals surface area contributed by atoms with Gasteiger partial charge in [-0.3, -0.25) is 4.79 Å². The fourth-order valence-electron chi connectivity index (χ4n) is 1.37. The smallest absolute Gasteiger partial charge is 0.160 e. The zero-order valence-corrected chi connectivity index (χ0v) is 9.67. The Bertz CT molecular complexity index is 452. The summed E-state index contributed by atoms with van der Waals surface area (Å²) < 4.78 is 0. The van der Waals surface area contributed by atoms with Crippen molar-refractivity contribution in [2.75, 3.05) is 0 Å². The van der Waals surface area contributed by atoms with Crippen molar-refractivity contribution < 1.29 is 4.79 Å². The van der Waals surface area contributed by atoms with Crippen molar-refractivity contribution >= 4 is 29.0 Å². The third-order valence-corrected chi connectivity index (χ3v) is 4.71. The third-order valence-electron chi connectivity index (χ3n) is 2.34. The summed E-state index contributed by atoms with van der Waals surface area (Å²) in [5, 5.41) is 2.06. The first-order valence-corrected chi connectivity index (χ1v) is 6.02. The molecule has 2 aromatic rings. The van der Waals surface area contributed by atoms with Gasteiger partial charge in [-0.15, -0.1) is 22.7 Å². The van der Waals surface area contributed by atoms with Crippen LogP contribution in [0.5, 0.6) is 0 Å². The highest BCUT2D eigenvalue weighted by molar-refractivity contribution is 7.22. The molecule has 2 heterocycles. The lowest BCUT2D eigenvalue weighted by molar-refractivity contribution is 0.112. The summed E-state index contributed by atoms with van der Waals surface area (Å²) >= 11 is 3.30. The van der Waals surface area contributed by atoms with E-state index in [1.54, 1.807) is 22.7 Å². The van der Waals surface area contributed by atoms with E-state index in [0.717, 1.165) is 16.7 Å². The van der Waals surface area contributed by atoms with Crippen molar-refractivity contribution in [2.45, 2.75) is 13.8 Å². The van der Waals surface area contributed by atoms with Gasteiger partial charge in [0.1, 0.15) is 0 Å². The number of hydrogen-bond donors (Lipinski definition) is 0. The molecule has 0 saturated heterocycles. The SMILES string of the molecule is Cc1c(C=O)sc(-c2cccs2)c1C. The van der Waals surface area contributed by atoms with Gasteiger partial charge in [0.25, 0.3) is 0 Å². The number of carbonyl (C=O) groups is 1. The van der Waals surface area contributed by atoms with Crippen LogP contribution in [0, 0.1) is 13.8 Å². The van der Waals surface area contributed by atoms with Crippen molar-refractivity contribution in [2.24, 2.45) is 0 Å². The first-order chi connectivity index (χ1) is 6.74. The maximum atomic E-state index is 10.8. The maximum Gasteiger partial charge on any atom is 0.160 e. The molecule has 0 radical (unpaired) electrons. The lowest BCUT2D eigenvalue weighted by Gasteiger charge is -1.94. The molecule has 0 N–H and O–H groups in total. The molecule has 0 amide bonds. The molecule has 0 spiro atoms. The van der Waals surface area contributed by atoms with Crippen molar-refractivity contribution in [3.05, 3.63) is 33.5 Å². The van der Waals surface area contributed by atoms with Gasteiger partial charge < -0.3 is 0 Å². The van der Waals surface area contributed by atoms with Crippen LogP contribution in [0.25, 0.3) is 9.75 Å². The number of thiophene rings is 2. The molecule has 14 heavy (non-hydrogen) atoms. The molecular weight excluding hydrogens is 212 g/mol. The molecule has 2 rings (SSSR count). The van der Waals surface area contributed by atoms with E-state index >= 15 is 0 Å². The second-order valence-corrected chi connectivity index (χ2v) is 5.14. The third kappa shape index (κ3) is 1.42. The number of rotatable bonds is 2. The van der Waals surface area contributed by atoms with Crippen LogP contribution in [-0.2, 0) is 0 Å². The average Bonchev–Trinajstić information content (AvgIpc) is 2.78. The lowest BCUT2D eigenvalue weighted by atomic mass is 10.1. The first-order valence-electron chi connectivity index (χ1n) is 4.33. The lowest BCUT2D eigenvalue weighted by Crippen LogP contribution is -1.78. The van der Waals surface area contributed by atoms with E-state index in [1.807, 2.05) is 13.0 Å². The highest BCUT2D eigenvalue weighted by Gasteiger charge is 2.12. The van der Waals surface area contributed by atoms with Gasteiger partial charge in [-0.05, 0) is 36.4 Å². The molecule has 0 unspecified atom stereocenters. The Morgan fingerprint density at radius 3 is 2.57 bits per heavy atom. The molecule has 72 valence electrons. The molecule has 3 heteroatoms. The van der Waals surface area contributed by atoms with Crippen LogP contribution in [-0.4, -0.2) is 6.29 Å². The summed E-state index contributed by atoms with van der Waals surface area (Å²) in [6, 6.07) is 4.13. The fourth-order valence-corrected chi connectivity index (χ4v) is 3.41. The molecule has 0 aromatic carbocycles. The van der Waals surface area contributed by atoms with E-state index in [4.69, 9.17) is 0 Å². The second kappa shape index (κ2) is 3.67. The minimum absolute atomic E-state index is 0.853. The van der Waals surface area contributed by atoms with Crippen molar-refractivity contribution in [3.8, 4) is 9.75 Å². The van der Waals surface area contributed by atoms with Crippen molar-refractivity contribution in [3.63, 3.8) is 0 Å². The molecule has 0 aliphatic rings. The molecule has 0 fully saturated rings. The zero-order valence-electron chi connectivity index (χ0n) is 8.03. The van der Waals surface area contributed by atoms with Gasteiger partial charge in [-0.1, -0.05) is 6.07 Å². The Hall–Kier alpha value is -0.930. The summed E-state index contributed by atoms with van der Waals surface area (Å²) in [7, 11) is 0. The minimum atomic E-state index is 0.853. The monoisotopic (exact) mass is 222 g/mol. The standard InChI is InChI=1S/C11H10OS2/c1-7-8(2)11(14-10(7)6-12)9-4-3-5-13-9/h3-6H,1-2H3. The molecule has 0 atom stereocenters. The molecule has 2 aromatic heterocycles. The second-order valence-electron chi connectivity index (χ2n) is 3.14. The number of hydrogen-bond acceptors (Lipinski definition) is 3. The molecule has 1 nitrogen and oxygen atoms in total. The normalized spacial score (nSPS) is 10.4. The van der Waals surface area contributed by atoms with Gasteiger partial charge >= 0.3 is 0 Å². The predicted molar refractivity (Wildman–Crippen MR) is 62.5 cm³/mol. The Morgan fingerprint density at radius 1 is 1.29 bits per heavy atom. The quantitative estimate of drug-likeness (QED) is 0.704. The Morgan fingerprint density at radius 2 is 2.07 bits per heavy atom. The van der Waals surface area contributed by atoms with Crippen LogP contribution in [0.3, 0.4) is 0 Å². The van der Waals surface area contributed by atoms with Crippen LogP contribution in [0.4, 0.5) is 0 Å². The van der Waals surface area contributed by atoms with E-state index < -0.39 is 0 Å². The predicted octanol–water partition coefficient (Wildman–Crippen LogP) is 3.91. The van der Waals surface area contributed by atoms with Crippen molar-refractivity contribution in [1.29, 1.82) is 0 Å². The van der Waals surface area contributed by atoms with Gasteiger partial charge in [0, 0.05) is 9.75 Å². The van der Waals surface area contributed by atoms with Gasteiger partial charge in [0.2, 0.25) is 0 Å². The van der Waals surface area contributed by atoms with E-state index in [9.17, 15) is 4.79 Å². The Labute approximate surface area is 91.0 Å². The topological polar surface area (TPSA) is 17.1 Å². The summed E-state index contributed by atoms with van der Waals surface area (Å²) in [6.07, 6.45) is 0.949. The Kier molecular flexibility index (Phi) is 2.52. The van der Waals surface area contributed by atoms with Crippen LogP contribution in [0.2, 0.25) is 0 Å². The van der Waals surface area contributed by atoms with Crippen LogP contribution in [0.15, 0.2) is 17.5 Å². The van der Waals surface area contributed by atoms with E-state index in [-0.39, 0.29) is 0 Å².